The Labute approximate surface area is 135 Å². The molecule has 0 amide bonds. The Morgan fingerprint density at radius 2 is 1.64 bits per heavy atom. The van der Waals surface area contributed by atoms with Crippen LogP contribution >= 0.6 is 0 Å². The van der Waals surface area contributed by atoms with Crippen molar-refractivity contribution < 1.29 is 21.8 Å². The van der Waals surface area contributed by atoms with Gasteiger partial charge in [-0.15, -0.1) is 12.8 Å². The number of terminal acetylenes is 2. The predicted molar refractivity (Wildman–Crippen MR) is 92.9 cm³/mol. The lowest BCUT2D eigenvalue weighted by molar-refractivity contribution is -0.431. The molecule has 0 atom stereocenters. The smallest absolute Gasteiger partial charge is 0.200 e. The first-order chi connectivity index (χ1) is 9.93. The van der Waals surface area contributed by atoms with Crippen LogP contribution in [0.5, 0.6) is 0 Å². The Balaban J connectivity index is -0.000000277. The summed E-state index contributed by atoms with van der Waals surface area (Å²) in [6, 6.07) is 0. The van der Waals surface area contributed by atoms with Crippen molar-refractivity contribution in [2.45, 2.75) is 0 Å². The second kappa shape index (κ2) is 14.3. The van der Waals surface area contributed by atoms with Crippen LogP contribution in [-0.2, 0) is 19.7 Å². The van der Waals surface area contributed by atoms with Gasteiger partial charge in [-0.2, -0.15) is 0 Å². The van der Waals surface area contributed by atoms with E-state index in [9.17, 15) is 16.8 Å². The average Bonchev–Trinajstić information content (AvgIpc) is 2.38. The molecule has 126 valence electrons. The van der Waals surface area contributed by atoms with Gasteiger partial charge in [-0.1, -0.05) is 12.5 Å². The van der Waals surface area contributed by atoms with Gasteiger partial charge in [0.1, 0.15) is 16.6 Å². The standard InChI is InChI=1S/C7H13NO2S.C4H5N.C3H6O2S/c1-4-5-8(2)6-7-11(3,9)10;1-3-4-5-2;1-3-6(2,4)5/h1H,5-7H2,2-3H3;1H,2,4H2;3H,1H2,2H3/p+1. The molecule has 0 bridgehead atoms. The molecule has 0 saturated heterocycles. The highest BCUT2D eigenvalue weighted by molar-refractivity contribution is 7.93. The fraction of sp³-hybridized carbons (Fsp3) is 0.500. The fourth-order valence-corrected chi connectivity index (χ4v) is 1.27. The average molecular weight is 349 g/mol. The van der Waals surface area contributed by atoms with Crippen molar-refractivity contribution in [3.63, 3.8) is 0 Å². The Morgan fingerprint density at radius 3 is 1.82 bits per heavy atom. The minimum atomic E-state index is -2.90. The van der Waals surface area contributed by atoms with Crippen LogP contribution in [0.2, 0.25) is 0 Å². The lowest BCUT2D eigenvalue weighted by Gasteiger charge is -2.11. The highest BCUT2D eigenvalue weighted by Gasteiger charge is 2.03. The zero-order valence-corrected chi connectivity index (χ0v) is 15.0. The van der Waals surface area contributed by atoms with E-state index in [1.807, 2.05) is 0 Å². The minimum absolute atomic E-state index is 0.172. The Hall–Kier alpha value is -1.61. The highest BCUT2D eigenvalue weighted by atomic mass is 32.2. The van der Waals surface area contributed by atoms with E-state index in [2.05, 4.69) is 30.1 Å². The Kier molecular flexibility index (Phi) is 16.5. The van der Waals surface area contributed by atoms with Crippen molar-refractivity contribution in [1.29, 1.82) is 0 Å². The molecule has 0 aromatic heterocycles. The van der Waals surface area contributed by atoms with Gasteiger partial charge >= 0.3 is 0 Å². The molecule has 0 heterocycles. The van der Waals surface area contributed by atoms with Crippen LogP contribution < -0.4 is 4.99 Å². The summed E-state index contributed by atoms with van der Waals surface area (Å²) in [7, 11) is -3.95. The molecule has 0 spiro atoms. The van der Waals surface area contributed by atoms with E-state index >= 15 is 0 Å². The first kappa shape index (κ1) is 25.3. The van der Waals surface area contributed by atoms with Gasteiger partial charge < -0.3 is 0 Å². The molecule has 0 saturated carbocycles. The summed E-state index contributed by atoms with van der Waals surface area (Å²) >= 11 is 0. The fourth-order valence-electron chi connectivity index (χ4n) is 0.629. The van der Waals surface area contributed by atoms with Crippen LogP contribution in [0.25, 0.3) is 0 Å². The number of hydrogen-bond acceptors (Lipinski definition) is 5. The molecule has 0 aliphatic carbocycles. The number of sulfone groups is 2. The maximum Gasteiger partial charge on any atom is 0.200 e. The van der Waals surface area contributed by atoms with Crippen LogP contribution in [0, 0.1) is 24.7 Å². The van der Waals surface area contributed by atoms with Gasteiger partial charge in [0, 0.05) is 24.5 Å². The molecule has 1 N–H and O–H groups in total. The summed E-state index contributed by atoms with van der Waals surface area (Å²) in [5.74, 6) is 4.95. The molecule has 0 rings (SSSR count). The van der Waals surface area contributed by atoms with E-state index in [1.165, 1.54) is 6.26 Å². The number of nitrogens with one attached hydrogen (secondary N) is 1. The van der Waals surface area contributed by atoms with E-state index in [0.29, 0.717) is 19.6 Å². The summed E-state index contributed by atoms with van der Waals surface area (Å²) < 4.78 is 41.1. The minimum Gasteiger partial charge on any atom is -0.294 e. The second-order valence-electron chi connectivity index (χ2n) is 4.20. The van der Waals surface area contributed by atoms with Crippen molar-refractivity contribution in [3.05, 3.63) is 12.0 Å². The van der Waals surface area contributed by atoms with E-state index in [-0.39, 0.29) is 5.75 Å². The molecule has 0 fully saturated rings. The van der Waals surface area contributed by atoms with Gasteiger partial charge in [0.15, 0.2) is 9.84 Å². The van der Waals surface area contributed by atoms with Gasteiger partial charge in [0.25, 0.3) is 0 Å². The van der Waals surface area contributed by atoms with Crippen LogP contribution in [-0.4, -0.2) is 73.4 Å². The van der Waals surface area contributed by atoms with Crippen LogP contribution in [0.4, 0.5) is 0 Å². The molecule has 0 aromatic rings. The topological polar surface area (TPSA) is 85.5 Å². The summed E-state index contributed by atoms with van der Waals surface area (Å²) in [5.41, 5.74) is 0. The SMILES string of the molecule is C#CCN(C)CCS(C)(=O)=O.C#CC[NH+]=C.C=CS(C)(=O)=O. The summed E-state index contributed by atoms with van der Waals surface area (Å²) in [4.78, 5) is 4.32. The van der Waals surface area contributed by atoms with Crippen molar-refractivity contribution >= 4 is 26.4 Å². The van der Waals surface area contributed by atoms with Crippen LogP contribution in [0.1, 0.15) is 0 Å². The van der Waals surface area contributed by atoms with E-state index in [4.69, 9.17) is 12.8 Å². The zero-order chi connectivity index (χ0) is 18.2. The third kappa shape index (κ3) is 36.2. The third-order valence-electron chi connectivity index (χ3n) is 1.73. The van der Waals surface area contributed by atoms with Crippen molar-refractivity contribution in [3.8, 4) is 24.7 Å². The van der Waals surface area contributed by atoms with Crippen LogP contribution in [0.3, 0.4) is 0 Å². The van der Waals surface area contributed by atoms with E-state index in [1.54, 1.807) is 11.9 Å². The molecule has 0 radical (unpaired) electrons. The molecule has 0 aliphatic heterocycles. The molecule has 22 heavy (non-hydrogen) atoms. The Morgan fingerprint density at radius 1 is 1.18 bits per heavy atom. The summed E-state index contributed by atoms with van der Waals surface area (Å²) in [5, 5.41) is 0.910. The van der Waals surface area contributed by atoms with Crippen molar-refractivity contribution in [2.24, 2.45) is 0 Å². The first-order valence-electron chi connectivity index (χ1n) is 5.99. The lowest BCUT2D eigenvalue weighted by Crippen LogP contribution is -2.65. The van der Waals surface area contributed by atoms with Gasteiger partial charge in [0.05, 0.1) is 12.3 Å². The van der Waals surface area contributed by atoms with Gasteiger partial charge in [-0.25, -0.2) is 21.8 Å². The molecule has 6 nitrogen and oxygen atoms in total. The quantitative estimate of drug-likeness (QED) is 0.450. The molecule has 8 heteroatoms. The largest absolute Gasteiger partial charge is 0.294 e. The molecule has 0 aromatic carbocycles. The first-order valence-corrected chi connectivity index (χ1v) is 10.0. The van der Waals surface area contributed by atoms with Gasteiger partial charge in [0.2, 0.25) is 6.54 Å². The number of rotatable bonds is 6. The summed E-state index contributed by atoms with van der Waals surface area (Å²) in [6.07, 6.45) is 12.1. The third-order valence-corrected chi connectivity index (χ3v) is 3.26. The summed E-state index contributed by atoms with van der Waals surface area (Å²) in [6.45, 7) is 7.88. The van der Waals surface area contributed by atoms with Crippen molar-refractivity contribution in [1.82, 2.24) is 4.90 Å². The van der Waals surface area contributed by atoms with Gasteiger partial charge in [-0.3, -0.25) is 4.90 Å². The lowest BCUT2D eigenvalue weighted by atomic mass is 10.5. The van der Waals surface area contributed by atoms with Crippen LogP contribution in [0.15, 0.2) is 12.0 Å². The van der Waals surface area contributed by atoms with Gasteiger partial charge in [-0.05, 0) is 13.0 Å². The maximum atomic E-state index is 10.7. The van der Waals surface area contributed by atoms with Crippen molar-refractivity contribution in [2.75, 3.05) is 44.9 Å². The predicted octanol–water partition coefficient (Wildman–Crippen LogP) is -1.83. The number of hydrogen-bond donors (Lipinski definition) is 1. The maximum absolute atomic E-state index is 10.7. The monoisotopic (exact) mass is 349 g/mol. The molecular formula is C14H25N2O4S2+. The highest BCUT2D eigenvalue weighted by Crippen LogP contribution is 1.86. The van der Waals surface area contributed by atoms with E-state index < -0.39 is 19.7 Å². The molecular weight excluding hydrogens is 324 g/mol. The normalized spacial score (nSPS) is 9.91. The number of nitrogens with zero attached hydrogens (tertiary/aromatic N) is 1. The second-order valence-corrected chi connectivity index (χ2v) is 8.45. The van der Waals surface area contributed by atoms with E-state index in [0.717, 1.165) is 11.7 Å². The zero-order valence-electron chi connectivity index (χ0n) is 13.4. The molecule has 0 aliphatic rings. The Bertz CT molecular complexity index is 582. The molecule has 0 unspecified atom stereocenters.